The van der Waals surface area contributed by atoms with Gasteiger partial charge in [-0.15, -0.1) is 11.3 Å². The van der Waals surface area contributed by atoms with Gasteiger partial charge < -0.3 is 19.9 Å². The van der Waals surface area contributed by atoms with Crippen LogP contribution in [0.4, 0.5) is 9.80 Å². The van der Waals surface area contributed by atoms with Crippen molar-refractivity contribution in [2.24, 2.45) is 0 Å². The molecule has 2 N–H and O–H groups in total. The summed E-state index contributed by atoms with van der Waals surface area (Å²) < 4.78 is 10.5. The van der Waals surface area contributed by atoms with Crippen molar-refractivity contribution < 1.29 is 14.1 Å². The van der Waals surface area contributed by atoms with Crippen LogP contribution in [0.25, 0.3) is 6.08 Å². The van der Waals surface area contributed by atoms with Gasteiger partial charge in [-0.2, -0.15) is 0 Å². The Morgan fingerprint density at radius 1 is 1.62 bits per heavy atom. The number of amides is 1. The number of ether oxygens (including phenoxy) is 1. The fourth-order valence-electron chi connectivity index (χ4n) is 2.94. The molecule has 0 saturated heterocycles. The second-order valence-electron chi connectivity index (χ2n) is 5.75. The van der Waals surface area contributed by atoms with Crippen molar-refractivity contribution in [1.82, 2.24) is 10.5 Å². The van der Waals surface area contributed by atoms with Gasteiger partial charge in [0.2, 0.25) is 0 Å². The zero-order chi connectivity index (χ0) is 17.1. The molecular weight excluding hydrogens is 326 g/mol. The molecule has 3 rings (SSSR count). The van der Waals surface area contributed by atoms with Crippen LogP contribution in [0.15, 0.2) is 17.2 Å². The molecule has 0 aliphatic heterocycles. The molecule has 1 atom stereocenters. The van der Waals surface area contributed by atoms with E-state index in [9.17, 15) is 4.79 Å². The molecule has 1 amide bonds. The molecular formula is C17H21N3O3S. The fraction of sp³-hybridized carbons (Fsp3) is 0.412. The van der Waals surface area contributed by atoms with Crippen molar-refractivity contribution in [2.45, 2.75) is 38.8 Å². The van der Waals surface area contributed by atoms with E-state index >= 15 is 0 Å². The molecule has 0 spiro atoms. The van der Waals surface area contributed by atoms with Crippen LogP contribution in [0.1, 0.15) is 33.9 Å². The van der Waals surface area contributed by atoms with Crippen LogP contribution in [0.5, 0.6) is 0 Å². The van der Waals surface area contributed by atoms with E-state index in [1.165, 1.54) is 16.0 Å². The lowest BCUT2D eigenvalue weighted by Gasteiger charge is -2.22. The number of hydrogen-bond acceptors (Lipinski definition) is 6. The molecule has 0 saturated carbocycles. The Hall–Kier alpha value is -2.28. The predicted octanol–water partition coefficient (Wildman–Crippen LogP) is 3.51. The third-order valence-corrected chi connectivity index (χ3v) is 5.34. The minimum absolute atomic E-state index is 0.0995. The van der Waals surface area contributed by atoms with Crippen LogP contribution < -0.4 is 10.6 Å². The van der Waals surface area contributed by atoms with Gasteiger partial charge in [-0.3, -0.25) is 0 Å². The van der Waals surface area contributed by atoms with Crippen molar-refractivity contribution >= 4 is 28.5 Å². The van der Waals surface area contributed by atoms with E-state index in [1.54, 1.807) is 17.4 Å². The first-order valence-electron chi connectivity index (χ1n) is 7.92. The van der Waals surface area contributed by atoms with Crippen molar-refractivity contribution in [1.29, 1.82) is 0 Å². The summed E-state index contributed by atoms with van der Waals surface area (Å²) in [7, 11) is 1.91. The lowest BCUT2D eigenvalue weighted by Crippen LogP contribution is -2.31. The number of nitrogens with zero attached hydrogens (tertiary/aromatic N) is 1. The number of alkyl carbamates (subject to hydrolysis) is 1. The number of carbonyl (C=O) groups is 1. The molecule has 1 unspecified atom stereocenters. The number of thiophene rings is 1. The first-order chi connectivity index (χ1) is 11.6. The van der Waals surface area contributed by atoms with Gasteiger partial charge in [-0.25, -0.2) is 4.79 Å². The van der Waals surface area contributed by atoms with E-state index in [0.717, 1.165) is 30.0 Å². The molecule has 2 aromatic heterocycles. The predicted molar refractivity (Wildman–Crippen MR) is 94.3 cm³/mol. The van der Waals surface area contributed by atoms with Gasteiger partial charge in [-0.05, 0) is 25.3 Å². The standard InChI is InChI=1S/C17H21N3O3S/c1-4-13-14-6-5-12(8-15(14)24-16(13)18-3)22-17(21)19-9-11-7-10(2)23-20-11/h4,7,12,18H,1,5-6,8-9H2,2-3H3,(H,19,21). The second-order valence-corrected chi connectivity index (χ2v) is 6.86. The van der Waals surface area contributed by atoms with E-state index in [0.29, 0.717) is 12.2 Å². The number of fused-ring (bicyclic) bond motifs is 1. The first-order valence-corrected chi connectivity index (χ1v) is 8.73. The van der Waals surface area contributed by atoms with E-state index in [-0.39, 0.29) is 6.10 Å². The Morgan fingerprint density at radius 3 is 3.12 bits per heavy atom. The first kappa shape index (κ1) is 16.6. The van der Waals surface area contributed by atoms with Gasteiger partial charge in [0.15, 0.2) is 0 Å². The molecule has 0 aromatic carbocycles. The monoisotopic (exact) mass is 347 g/mol. The third kappa shape index (κ3) is 3.46. The molecule has 0 fully saturated rings. The van der Waals surface area contributed by atoms with Crippen LogP contribution in [0.2, 0.25) is 0 Å². The summed E-state index contributed by atoms with van der Waals surface area (Å²) in [4.78, 5) is 13.2. The van der Waals surface area contributed by atoms with Crippen LogP contribution in [0.3, 0.4) is 0 Å². The van der Waals surface area contributed by atoms with Crippen molar-refractivity contribution in [2.75, 3.05) is 12.4 Å². The SMILES string of the molecule is C=Cc1c(NC)sc2c1CCC(OC(=O)NCc1cc(C)on1)C2. The summed E-state index contributed by atoms with van der Waals surface area (Å²) in [6, 6.07) is 1.79. The summed E-state index contributed by atoms with van der Waals surface area (Å²) >= 11 is 1.71. The average molecular weight is 347 g/mol. The second kappa shape index (κ2) is 7.09. The maximum absolute atomic E-state index is 12.0. The largest absolute Gasteiger partial charge is 0.446 e. The normalized spacial score (nSPS) is 16.3. The molecule has 2 heterocycles. The molecule has 1 aliphatic rings. The molecule has 24 heavy (non-hydrogen) atoms. The topological polar surface area (TPSA) is 76.4 Å². The van der Waals surface area contributed by atoms with Crippen molar-refractivity contribution in [3.8, 4) is 0 Å². The molecule has 128 valence electrons. The number of rotatable bonds is 5. The molecule has 7 heteroatoms. The summed E-state index contributed by atoms with van der Waals surface area (Å²) in [5.41, 5.74) is 3.20. The molecule has 0 radical (unpaired) electrons. The Bertz CT molecular complexity index is 750. The Labute approximate surface area is 144 Å². The smallest absolute Gasteiger partial charge is 0.407 e. The van der Waals surface area contributed by atoms with E-state index < -0.39 is 6.09 Å². The van der Waals surface area contributed by atoms with E-state index in [2.05, 4.69) is 22.4 Å². The van der Waals surface area contributed by atoms with Gasteiger partial charge in [-0.1, -0.05) is 17.8 Å². The van der Waals surface area contributed by atoms with Gasteiger partial charge in [0.1, 0.15) is 17.6 Å². The summed E-state index contributed by atoms with van der Waals surface area (Å²) in [5.74, 6) is 0.719. The van der Waals surface area contributed by atoms with Gasteiger partial charge in [0.25, 0.3) is 0 Å². The molecule has 0 bridgehead atoms. The highest BCUT2D eigenvalue weighted by Crippen LogP contribution is 2.39. The molecule has 6 nitrogen and oxygen atoms in total. The zero-order valence-corrected chi connectivity index (χ0v) is 14.7. The summed E-state index contributed by atoms with van der Waals surface area (Å²) in [5, 5.41) is 10.9. The van der Waals surface area contributed by atoms with Crippen LogP contribution in [0, 0.1) is 6.92 Å². The maximum Gasteiger partial charge on any atom is 0.407 e. The number of nitrogens with one attached hydrogen (secondary N) is 2. The summed E-state index contributed by atoms with van der Waals surface area (Å²) in [6.45, 7) is 6.01. The van der Waals surface area contributed by atoms with E-state index in [4.69, 9.17) is 9.26 Å². The van der Waals surface area contributed by atoms with Crippen LogP contribution in [-0.4, -0.2) is 24.4 Å². The minimum Gasteiger partial charge on any atom is -0.446 e. The minimum atomic E-state index is -0.418. The molecule has 2 aromatic rings. The highest BCUT2D eigenvalue weighted by Gasteiger charge is 2.26. The van der Waals surface area contributed by atoms with Crippen molar-refractivity contribution in [3.63, 3.8) is 0 Å². The highest BCUT2D eigenvalue weighted by molar-refractivity contribution is 7.16. The lowest BCUT2D eigenvalue weighted by molar-refractivity contribution is 0.0896. The van der Waals surface area contributed by atoms with Crippen LogP contribution >= 0.6 is 11.3 Å². The summed E-state index contributed by atoms with van der Waals surface area (Å²) in [6.07, 6.45) is 3.85. The number of aryl methyl sites for hydroxylation is 1. The van der Waals surface area contributed by atoms with Gasteiger partial charge in [0, 0.05) is 30.0 Å². The van der Waals surface area contributed by atoms with Crippen LogP contribution in [-0.2, 0) is 24.1 Å². The van der Waals surface area contributed by atoms with Crippen molar-refractivity contribution in [3.05, 3.63) is 40.1 Å². The maximum atomic E-state index is 12.0. The number of anilines is 1. The quantitative estimate of drug-likeness (QED) is 0.865. The zero-order valence-electron chi connectivity index (χ0n) is 13.8. The van der Waals surface area contributed by atoms with E-state index in [1.807, 2.05) is 20.0 Å². The number of hydrogen-bond donors (Lipinski definition) is 2. The van der Waals surface area contributed by atoms with Gasteiger partial charge in [0.05, 0.1) is 11.5 Å². The number of carbonyl (C=O) groups excluding carboxylic acids is 1. The highest BCUT2D eigenvalue weighted by atomic mass is 32.1. The average Bonchev–Trinajstić information content (AvgIpc) is 3.15. The fourth-order valence-corrected chi connectivity index (χ4v) is 4.21. The Kier molecular flexibility index (Phi) is 4.89. The molecule has 1 aliphatic carbocycles. The number of aromatic nitrogens is 1. The van der Waals surface area contributed by atoms with Gasteiger partial charge >= 0.3 is 6.09 Å². The lowest BCUT2D eigenvalue weighted by atomic mass is 9.93. The Morgan fingerprint density at radius 2 is 2.46 bits per heavy atom. The Balaban J connectivity index is 1.56. The third-order valence-electron chi connectivity index (χ3n) is 4.06.